The van der Waals surface area contributed by atoms with Crippen molar-refractivity contribution in [1.82, 2.24) is 20.8 Å². The van der Waals surface area contributed by atoms with Crippen molar-refractivity contribution in [2.75, 3.05) is 33.4 Å². The average molecular weight is 432 g/mol. The number of aromatic nitrogens is 2. The first kappa shape index (κ1) is 24.7. The number of ether oxygens (including phenoxy) is 2. The summed E-state index contributed by atoms with van der Waals surface area (Å²) in [6, 6.07) is 6.23. The first-order valence-electron chi connectivity index (χ1n) is 11.1. The summed E-state index contributed by atoms with van der Waals surface area (Å²) in [5, 5.41) is 10.7. The van der Waals surface area contributed by atoms with Crippen molar-refractivity contribution >= 4 is 5.96 Å². The van der Waals surface area contributed by atoms with Gasteiger partial charge in [-0.05, 0) is 31.9 Å². The number of aliphatic imine (C=N–C) groups is 1. The number of hydrogen-bond donors (Lipinski definition) is 2. The highest BCUT2D eigenvalue weighted by Gasteiger charge is 2.09. The van der Waals surface area contributed by atoms with Gasteiger partial charge in [0.2, 0.25) is 5.89 Å². The minimum absolute atomic E-state index is 0.277. The van der Waals surface area contributed by atoms with Crippen molar-refractivity contribution in [2.45, 2.75) is 59.4 Å². The van der Waals surface area contributed by atoms with Gasteiger partial charge in [-0.15, -0.1) is 0 Å². The van der Waals surface area contributed by atoms with E-state index in [9.17, 15) is 0 Å². The van der Waals surface area contributed by atoms with E-state index in [2.05, 4.69) is 66.7 Å². The van der Waals surface area contributed by atoms with Crippen molar-refractivity contribution in [3.05, 3.63) is 41.0 Å². The van der Waals surface area contributed by atoms with Gasteiger partial charge in [0.15, 0.2) is 11.8 Å². The summed E-state index contributed by atoms with van der Waals surface area (Å²) in [5.74, 6) is 3.38. The fraction of sp³-hybridized carbons (Fsp3) is 0.609. The fourth-order valence-electron chi connectivity index (χ4n) is 2.87. The quantitative estimate of drug-likeness (QED) is 0.284. The smallest absolute Gasteiger partial charge is 0.226 e. The third-order valence-corrected chi connectivity index (χ3v) is 4.58. The Hall–Kier alpha value is -2.61. The molecule has 0 fully saturated rings. The summed E-state index contributed by atoms with van der Waals surface area (Å²) in [7, 11) is 1.70. The van der Waals surface area contributed by atoms with Crippen LogP contribution in [0.5, 0.6) is 5.75 Å². The Bertz CT molecular complexity index is 804. The van der Waals surface area contributed by atoms with Crippen LogP contribution < -0.4 is 15.4 Å². The van der Waals surface area contributed by atoms with E-state index in [1.807, 2.05) is 0 Å². The van der Waals surface area contributed by atoms with Gasteiger partial charge in [-0.2, -0.15) is 4.98 Å². The van der Waals surface area contributed by atoms with Crippen LogP contribution in [0.2, 0.25) is 0 Å². The van der Waals surface area contributed by atoms with Gasteiger partial charge in [-0.3, -0.25) is 0 Å². The monoisotopic (exact) mass is 431 g/mol. The summed E-state index contributed by atoms with van der Waals surface area (Å²) in [6.45, 7) is 11.6. The predicted octanol–water partition coefficient (Wildman–Crippen LogP) is 3.60. The number of guanidine groups is 1. The standard InChI is InChI=1S/C23H37N5O3/c1-6-24-23(25-12-7-9-21-27-22(17(2)3)28-31-21)26-16-19-11-10-18(4)15-20(19)30-14-8-13-29-5/h10-11,15,17H,6-9,12-14,16H2,1-5H3,(H2,24,25,26). The van der Waals surface area contributed by atoms with Crippen molar-refractivity contribution in [3.63, 3.8) is 0 Å². The van der Waals surface area contributed by atoms with Gasteiger partial charge >= 0.3 is 0 Å². The molecular weight excluding hydrogens is 394 g/mol. The van der Waals surface area contributed by atoms with Crippen LogP contribution >= 0.6 is 0 Å². The number of methoxy groups -OCH3 is 1. The molecule has 172 valence electrons. The number of rotatable bonds is 13. The molecule has 2 N–H and O–H groups in total. The van der Waals surface area contributed by atoms with Gasteiger partial charge in [0, 0.05) is 51.1 Å². The molecule has 31 heavy (non-hydrogen) atoms. The van der Waals surface area contributed by atoms with Gasteiger partial charge in [0.05, 0.1) is 13.2 Å². The van der Waals surface area contributed by atoms with Crippen molar-refractivity contribution in [2.24, 2.45) is 4.99 Å². The number of nitrogens with one attached hydrogen (secondary N) is 2. The predicted molar refractivity (Wildman–Crippen MR) is 123 cm³/mol. The largest absolute Gasteiger partial charge is 0.493 e. The second-order valence-electron chi connectivity index (χ2n) is 7.73. The zero-order valence-electron chi connectivity index (χ0n) is 19.5. The molecule has 8 nitrogen and oxygen atoms in total. The van der Waals surface area contributed by atoms with Crippen LogP contribution in [0, 0.1) is 6.92 Å². The first-order valence-corrected chi connectivity index (χ1v) is 11.1. The SMILES string of the molecule is CCNC(=NCc1ccc(C)cc1OCCCOC)NCCCc1nc(C(C)C)no1. The average Bonchev–Trinajstić information content (AvgIpc) is 3.23. The van der Waals surface area contributed by atoms with E-state index in [1.54, 1.807) is 7.11 Å². The van der Waals surface area contributed by atoms with Gasteiger partial charge < -0.3 is 24.6 Å². The van der Waals surface area contributed by atoms with E-state index in [0.717, 1.165) is 55.4 Å². The second kappa shape index (κ2) is 13.6. The molecule has 0 saturated carbocycles. The highest BCUT2D eigenvalue weighted by molar-refractivity contribution is 5.79. The molecule has 0 aliphatic heterocycles. The fourth-order valence-corrected chi connectivity index (χ4v) is 2.87. The molecule has 0 amide bonds. The lowest BCUT2D eigenvalue weighted by molar-refractivity contribution is 0.172. The molecule has 1 aromatic heterocycles. The van der Waals surface area contributed by atoms with Gasteiger partial charge in [-0.1, -0.05) is 31.1 Å². The van der Waals surface area contributed by atoms with E-state index < -0.39 is 0 Å². The van der Waals surface area contributed by atoms with E-state index in [4.69, 9.17) is 19.0 Å². The summed E-state index contributed by atoms with van der Waals surface area (Å²) in [5.41, 5.74) is 2.23. The Kier molecular flexibility index (Phi) is 10.9. The van der Waals surface area contributed by atoms with Gasteiger partial charge in [0.1, 0.15) is 5.75 Å². The molecular formula is C23H37N5O3. The van der Waals surface area contributed by atoms with Crippen molar-refractivity contribution in [1.29, 1.82) is 0 Å². The highest BCUT2D eigenvalue weighted by atomic mass is 16.5. The second-order valence-corrected chi connectivity index (χ2v) is 7.73. The Morgan fingerprint density at radius 2 is 2.03 bits per heavy atom. The minimum Gasteiger partial charge on any atom is -0.493 e. The molecule has 0 spiro atoms. The molecule has 0 bridgehead atoms. The number of benzene rings is 1. The van der Waals surface area contributed by atoms with E-state index in [0.29, 0.717) is 25.6 Å². The Balaban J connectivity index is 1.88. The lowest BCUT2D eigenvalue weighted by atomic mass is 10.1. The van der Waals surface area contributed by atoms with Gasteiger partial charge in [0.25, 0.3) is 0 Å². The molecule has 0 aliphatic rings. The molecule has 0 saturated heterocycles. The molecule has 0 unspecified atom stereocenters. The lowest BCUT2D eigenvalue weighted by Gasteiger charge is -2.13. The van der Waals surface area contributed by atoms with Crippen molar-refractivity contribution in [3.8, 4) is 5.75 Å². The third kappa shape index (κ3) is 8.96. The maximum Gasteiger partial charge on any atom is 0.226 e. The van der Waals surface area contributed by atoms with Crippen LogP contribution in [0.25, 0.3) is 0 Å². The summed E-state index contributed by atoms with van der Waals surface area (Å²) >= 11 is 0. The van der Waals surface area contributed by atoms with Crippen molar-refractivity contribution < 1.29 is 14.0 Å². The van der Waals surface area contributed by atoms with Crippen LogP contribution in [0.4, 0.5) is 0 Å². The zero-order valence-corrected chi connectivity index (χ0v) is 19.5. The molecule has 2 rings (SSSR count). The summed E-state index contributed by atoms with van der Waals surface area (Å²) in [4.78, 5) is 9.15. The normalized spacial score (nSPS) is 11.7. The summed E-state index contributed by atoms with van der Waals surface area (Å²) < 4.78 is 16.4. The maximum absolute atomic E-state index is 5.97. The van der Waals surface area contributed by atoms with Crippen LogP contribution in [-0.2, 0) is 17.7 Å². The number of nitrogens with zero attached hydrogens (tertiary/aromatic N) is 3. The molecule has 0 aliphatic carbocycles. The number of hydrogen-bond acceptors (Lipinski definition) is 6. The zero-order chi connectivity index (χ0) is 22.5. The molecule has 0 atom stereocenters. The molecule has 1 heterocycles. The van der Waals surface area contributed by atoms with Crippen LogP contribution in [0.15, 0.2) is 27.7 Å². The Morgan fingerprint density at radius 3 is 2.74 bits per heavy atom. The minimum atomic E-state index is 0.277. The van der Waals surface area contributed by atoms with E-state index >= 15 is 0 Å². The molecule has 2 aromatic rings. The highest BCUT2D eigenvalue weighted by Crippen LogP contribution is 2.21. The maximum atomic E-state index is 5.97. The first-order chi connectivity index (χ1) is 15.0. The Labute approximate surface area is 185 Å². The van der Waals surface area contributed by atoms with Crippen LogP contribution in [0.3, 0.4) is 0 Å². The summed E-state index contributed by atoms with van der Waals surface area (Å²) in [6.07, 6.45) is 2.47. The third-order valence-electron chi connectivity index (χ3n) is 4.58. The van der Waals surface area contributed by atoms with Crippen LogP contribution in [0.1, 0.15) is 62.4 Å². The van der Waals surface area contributed by atoms with Crippen LogP contribution in [-0.4, -0.2) is 49.5 Å². The Morgan fingerprint density at radius 1 is 1.19 bits per heavy atom. The molecule has 8 heteroatoms. The number of aryl methyl sites for hydroxylation is 2. The topological polar surface area (TPSA) is 93.8 Å². The molecule has 1 aromatic carbocycles. The lowest BCUT2D eigenvalue weighted by Crippen LogP contribution is -2.37. The van der Waals surface area contributed by atoms with E-state index in [1.165, 1.54) is 5.56 Å². The van der Waals surface area contributed by atoms with Gasteiger partial charge in [-0.25, -0.2) is 4.99 Å². The molecule has 0 radical (unpaired) electrons. The van der Waals surface area contributed by atoms with E-state index in [-0.39, 0.29) is 5.92 Å².